The van der Waals surface area contributed by atoms with Crippen molar-refractivity contribution in [3.05, 3.63) is 115 Å². The summed E-state index contributed by atoms with van der Waals surface area (Å²) in [4.78, 5) is 0. The van der Waals surface area contributed by atoms with Gasteiger partial charge in [0.1, 0.15) is 11.2 Å². The molecular weight excluding hydrogens is 446 g/mol. The van der Waals surface area contributed by atoms with Gasteiger partial charge in [0.15, 0.2) is 0 Å². The maximum absolute atomic E-state index is 6.04. The molecule has 0 spiro atoms. The molecule has 3 heteroatoms. The third-order valence-electron chi connectivity index (χ3n) is 7.00. The van der Waals surface area contributed by atoms with Crippen LogP contribution >= 0.6 is 11.3 Å². The fourth-order valence-electron chi connectivity index (χ4n) is 5.40. The van der Waals surface area contributed by atoms with E-state index < -0.39 is 0 Å². The number of fused-ring (bicyclic) bond motifs is 8. The Morgan fingerprint density at radius 3 is 2.17 bits per heavy atom. The second-order valence-corrected chi connectivity index (χ2v) is 10.0. The third-order valence-corrected chi connectivity index (χ3v) is 8.18. The molecule has 164 valence electrons. The quantitative estimate of drug-likeness (QED) is 0.248. The number of aromatic nitrogens is 1. The fraction of sp³-hybridized carbons (Fsp3) is 0. The number of nitrogens with zero attached hydrogens (tertiary/aromatic N) is 1. The van der Waals surface area contributed by atoms with E-state index in [0.29, 0.717) is 0 Å². The van der Waals surface area contributed by atoms with Crippen LogP contribution in [0.15, 0.2) is 120 Å². The van der Waals surface area contributed by atoms with Crippen molar-refractivity contribution in [2.24, 2.45) is 0 Å². The average Bonchev–Trinajstić information content (AvgIpc) is 3.57. The van der Waals surface area contributed by atoms with Crippen molar-refractivity contribution in [3.63, 3.8) is 0 Å². The summed E-state index contributed by atoms with van der Waals surface area (Å²) in [5, 5.41) is 4.93. The average molecular weight is 466 g/mol. The van der Waals surface area contributed by atoms with Crippen LogP contribution in [0.4, 0.5) is 0 Å². The molecule has 0 saturated carbocycles. The Morgan fingerprint density at radius 2 is 1.26 bits per heavy atom. The molecule has 35 heavy (non-hydrogen) atoms. The van der Waals surface area contributed by atoms with Gasteiger partial charge in [0, 0.05) is 31.9 Å². The normalized spacial score (nSPS) is 12.0. The zero-order valence-corrected chi connectivity index (χ0v) is 19.5. The molecule has 5 aromatic carbocycles. The van der Waals surface area contributed by atoms with Crippen molar-refractivity contribution in [2.45, 2.75) is 0 Å². The topological polar surface area (TPSA) is 18.1 Å². The zero-order valence-electron chi connectivity index (χ0n) is 18.7. The van der Waals surface area contributed by atoms with Crippen LogP contribution < -0.4 is 0 Å². The third kappa shape index (κ3) is 2.70. The highest BCUT2D eigenvalue weighted by molar-refractivity contribution is 7.26. The maximum atomic E-state index is 6.04. The predicted molar refractivity (Wildman–Crippen MR) is 149 cm³/mol. The van der Waals surface area contributed by atoms with Crippen molar-refractivity contribution in [1.82, 2.24) is 4.57 Å². The Labute approximate surface area is 205 Å². The van der Waals surface area contributed by atoms with E-state index in [1.165, 1.54) is 48.0 Å². The molecule has 0 atom stereocenters. The number of para-hydroxylation sites is 3. The van der Waals surface area contributed by atoms with Gasteiger partial charge in [0.25, 0.3) is 0 Å². The van der Waals surface area contributed by atoms with Crippen LogP contribution in [-0.4, -0.2) is 4.57 Å². The van der Waals surface area contributed by atoms with E-state index in [-0.39, 0.29) is 0 Å². The van der Waals surface area contributed by atoms with E-state index >= 15 is 0 Å². The lowest BCUT2D eigenvalue weighted by Gasteiger charge is -2.08. The number of hydrogen-bond acceptors (Lipinski definition) is 2. The number of benzene rings is 5. The summed E-state index contributed by atoms with van der Waals surface area (Å²) in [7, 11) is 0. The number of hydrogen-bond donors (Lipinski definition) is 0. The van der Waals surface area contributed by atoms with Crippen LogP contribution in [0.2, 0.25) is 0 Å². The molecule has 0 N–H and O–H groups in total. The van der Waals surface area contributed by atoms with Gasteiger partial charge in [-0.3, -0.25) is 0 Å². The highest BCUT2D eigenvalue weighted by Crippen LogP contribution is 2.43. The minimum absolute atomic E-state index is 0.932. The monoisotopic (exact) mass is 465 g/mol. The molecule has 0 saturated heterocycles. The summed E-state index contributed by atoms with van der Waals surface area (Å²) in [6.07, 6.45) is 0. The lowest BCUT2D eigenvalue weighted by atomic mass is 10.0. The van der Waals surface area contributed by atoms with Gasteiger partial charge in [-0.2, -0.15) is 0 Å². The lowest BCUT2D eigenvalue weighted by molar-refractivity contribution is 0.669. The second kappa shape index (κ2) is 7.08. The van der Waals surface area contributed by atoms with Crippen molar-refractivity contribution in [3.8, 4) is 16.8 Å². The highest BCUT2D eigenvalue weighted by Gasteiger charge is 2.18. The molecule has 0 bridgehead atoms. The van der Waals surface area contributed by atoms with Crippen molar-refractivity contribution in [1.29, 1.82) is 0 Å². The predicted octanol–water partition coefficient (Wildman–Crippen LogP) is 9.56. The lowest BCUT2D eigenvalue weighted by Crippen LogP contribution is -1.92. The molecule has 3 heterocycles. The fourth-order valence-corrected chi connectivity index (χ4v) is 6.66. The van der Waals surface area contributed by atoms with Crippen LogP contribution in [0.25, 0.3) is 70.0 Å². The summed E-state index contributed by atoms with van der Waals surface area (Å²) < 4.78 is 11.1. The molecule has 0 aliphatic carbocycles. The molecule has 0 radical (unpaired) electrons. The Morgan fingerprint density at radius 1 is 0.543 bits per heavy atom. The summed E-state index contributed by atoms with van der Waals surface area (Å²) in [5.41, 5.74) is 8.04. The number of rotatable bonds is 2. The van der Waals surface area contributed by atoms with Crippen LogP contribution in [0, 0.1) is 0 Å². The first kappa shape index (κ1) is 19.0. The first-order valence-electron chi connectivity index (χ1n) is 11.8. The van der Waals surface area contributed by atoms with Crippen molar-refractivity contribution in [2.75, 3.05) is 0 Å². The number of furan rings is 1. The Kier molecular flexibility index (Phi) is 3.85. The molecule has 0 aliphatic rings. The standard InChI is InChI=1S/C32H19NOS/c1-2-8-22(9-3-1)33-27-12-6-4-11-24(27)32-31(33)25-16-14-21(19-30(25)35-32)20-15-17-29-26(18-20)23-10-5-7-13-28(23)34-29/h1-19H. The molecule has 0 amide bonds. The van der Waals surface area contributed by atoms with Gasteiger partial charge in [0.05, 0.1) is 15.7 Å². The summed E-state index contributed by atoms with van der Waals surface area (Å²) in [6.45, 7) is 0. The van der Waals surface area contributed by atoms with Crippen LogP contribution in [-0.2, 0) is 0 Å². The first-order chi connectivity index (χ1) is 17.3. The Bertz CT molecular complexity index is 2060. The van der Waals surface area contributed by atoms with Gasteiger partial charge < -0.3 is 8.98 Å². The minimum Gasteiger partial charge on any atom is -0.456 e. The SMILES string of the molecule is c1ccc(-n2c3ccccc3c3sc4cc(-c5ccc6oc7ccccc7c6c5)ccc4c32)cc1. The minimum atomic E-state index is 0.932. The van der Waals surface area contributed by atoms with Crippen molar-refractivity contribution >= 4 is 64.5 Å². The molecule has 8 aromatic rings. The molecule has 0 unspecified atom stereocenters. The molecule has 8 rings (SSSR count). The largest absolute Gasteiger partial charge is 0.456 e. The molecule has 2 nitrogen and oxygen atoms in total. The van der Waals surface area contributed by atoms with Gasteiger partial charge in [0.2, 0.25) is 0 Å². The molecule has 0 fully saturated rings. The van der Waals surface area contributed by atoms with E-state index in [4.69, 9.17) is 4.42 Å². The van der Waals surface area contributed by atoms with Gasteiger partial charge in [-0.25, -0.2) is 0 Å². The van der Waals surface area contributed by atoms with Crippen molar-refractivity contribution < 1.29 is 4.42 Å². The van der Waals surface area contributed by atoms with Crippen LogP contribution in [0.3, 0.4) is 0 Å². The Balaban J connectivity index is 1.38. The van der Waals surface area contributed by atoms with Gasteiger partial charge in [-0.05, 0) is 53.6 Å². The molecular formula is C32H19NOS. The highest BCUT2D eigenvalue weighted by atomic mass is 32.1. The summed E-state index contributed by atoms with van der Waals surface area (Å²) in [5.74, 6) is 0. The van der Waals surface area contributed by atoms with Crippen LogP contribution in [0.5, 0.6) is 0 Å². The van der Waals surface area contributed by atoms with E-state index in [0.717, 1.165) is 21.9 Å². The van der Waals surface area contributed by atoms with E-state index in [9.17, 15) is 0 Å². The number of thiophene rings is 1. The summed E-state index contributed by atoms with van der Waals surface area (Å²) in [6, 6.07) is 41.1. The second-order valence-electron chi connectivity index (χ2n) is 8.99. The Hall–Kier alpha value is -4.34. The van der Waals surface area contributed by atoms with Crippen LogP contribution in [0.1, 0.15) is 0 Å². The van der Waals surface area contributed by atoms with Gasteiger partial charge in [-0.15, -0.1) is 11.3 Å². The van der Waals surface area contributed by atoms with E-state index in [1.807, 2.05) is 23.5 Å². The smallest absolute Gasteiger partial charge is 0.135 e. The summed E-state index contributed by atoms with van der Waals surface area (Å²) >= 11 is 1.88. The maximum Gasteiger partial charge on any atom is 0.135 e. The molecule has 0 aliphatic heterocycles. The van der Waals surface area contributed by atoms with Gasteiger partial charge in [-0.1, -0.05) is 72.8 Å². The van der Waals surface area contributed by atoms with E-state index in [2.05, 4.69) is 108 Å². The molecule has 3 aromatic heterocycles. The van der Waals surface area contributed by atoms with E-state index in [1.54, 1.807) is 0 Å². The van der Waals surface area contributed by atoms with Gasteiger partial charge >= 0.3 is 0 Å². The first-order valence-corrected chi connectivity index (χ1v) is 12.6. The zero-order chi connectivity index (χ0) is 22.9.